The Bertz CT molecular complexity index is 987. The van der Waals surface area contributed by atoms with E-state index in [9.17, 15) is 4.79 Å². The lowest BCUT2D eigenvalue weighted by molar-refractivity contribution is -0.164. The number of urea groups is 1. The van der Waals surface area contributed by atoms with Crippen molar-refractivity contribution >= 4 is 34.9 Å². The second-order valence-electron chi connectivity index (χ2n) is 8.05. The van der Waals surface area contributed by atoms with Gasteiger partial charge in [0.2, 0.25) is 0 Å². The Hall–Kier alpha value is -2.27. The number of ether oxygens (including phenoxy) is 3. The number of piperazine rings is 1. The molecule has 2 saturated heterocycles. The molecule has 2 aliphatic heterocycles. The van der Waals surface area contributed by atoms with E-state index >= 15 is 0 Å². The average Bonchev–Trinajstić information content (AvgIpc) is 3.19. The summed E-state index contributed by atoms with van der Waals surface area (Å²) >= 11 is 12.3. The van der Waals surface area contributed by atoms with Crippen molar-refractivity contribution in [3.8, 4) is 5.75 Å². The number of rotatable bonds is 6. The fraction of sp³-hybridized carbons (Fsp3) is 0.409. The molecule has 11 heteroatoms. The maximum atomic E-state index is 11.2. The number of hydrogen-bond donors (Lipinski definition) is 2. The monoisotopic (exact) mass is 495 g/mol. The van der Waals surface area contributed by atoms with Gasteiger partial charge in [-0.15, -0.1) is 0 Å². The third-order valence-electron chi connectivity index (χ3n) is 5.78. The highest BCUT2D eigenvalue weighted by atomic mass is 35.5. The van der Waals surface area contributed by atoms with Gasteiger partial charge < -0.3 is 24.8 Å². The van der Waals surface area contributed by atoms with E-state index in [1.807, 2.05) is 37.3 Å². The molecule has 2 aromatic carbocycles. The van der Waals surface area contributed by atoms with Crippen LogP contribution in [0.15, 0.2) is 42.5 Å². The van der Waals surface area contributed by atoms with Gasteiger partial charge in [0.25, 0.3) is 0 Å². The van der Waals surface area contributed by atoms with Crippen LogP contribution in [-0.4, -0.2) is 61.7 Å². The standard InChI is InChI=1S/C22H27Cl2N5O4/c1-22(19-7-2-15(23)12-20(19)24)32-14-18(33-22)13-31-17-5-3-16(4-6-17)27-8-10-28(11-9-27)29(26)21(25)30/h2-7,12,18H,8-11,13-14,26H2,1H3,(H2,25,30)/t18-,22+/m1/s1. The summed E-state index contributed by atoms with van der Waals surface area (Å²) in [5.74, 6) is 5.45. The highest BCUT2D eigenvalue weighted by Crippen LogP contribution is 2.38. The molecule has 2 atom stereocenters. The van der Waals surface area contributed by atoms with Crippen LogP contribution in [0.4, 0.5) is 10.5 Å². The number of carbonyl (C=O) groups is 1. The summed E-state index contributed by atoms with van der Waals surface area (Å²) in [7, 11) is 0. The molecule has 33 heavy (non-hydrogen) atoms. The van der Waals surface area contributed by atoms with Gasteiger partial charge in [0.15, 0.2) is 5.79 Å². The van der Waals surface area contributed by atoms with Crippen molar-refractivity contribution in [2.75, 3.05) is 44.3 Å². The maximum absolute atomic E-state index is 11.2. The number of anilines is 1. The Kier molecular flexibility index (Phi) is 7.18. The zero-order chi connectivity index (χ0) is 23.6. The first kappa shape index (κ1) is 23.9. The van der Waals surface area contributed by atoms with Crippen molar-refractivity contribution in [3.05, 3.63) is 58.1 Å². The van der Waals surface area contributed by atoms with Crippen LogP contribution >= 0.6 is 23.2 Å². The molecule has 0 aromatic heterocycles. The van der Waals surface area contributed by atoms with Gasteiger partial charge in [0.05, 0.1) is 11.6 Å². The van der Waals surface area contributed by atoms with Crippen molar-refractivity contribution < 1.29 is 19.0 Å². The van der Waals surface area contributed by atoms with Crippen LogP contribution in [0.25, 0.3) is 0 Å². The molecular weight excluding hydrogens is 469 g/mol. The highest BCUT2D eigenvalue weighted by molar-refractivity contribution is 6.35. The van der Waals surface area contributed by atoms with Gasteiger partial charge in [0.1, 0.15) is 18.5 Å². The van der Waals surface area contributed by atoms with Gasteiger partial charge in [-0.25, -0.2) is 10.6 Å². The molecular formula is C22H27Cl2N5O4. The lowest BCUT2D eigenvalue weighted by Gasteiger charge is -2.38. The molecule has 9 nitrogen and oxygen atoms in total. The summed E-state index contributed by atoms with van der Waals surface area (Å²) in [5.41, 5.74) is 7.02. The van der Waals surface area contributed by atoms with E-state index in [1.54, 1.807) is 17.1 Å². The quantitative estimate of drug-likeness (QED) is 0.360. The second-order valence-corrected chi connectivity index (χ2v) is 8.89. The molecule has 0 radical (unpaired) electrons. The number of hydrazine groups is 2. The van der Waals surface area contributed by atoms with Crippen molar-refractivity contribution in [2.24, 2.45) is 11.6 Å². The van der Waals surface area contributed by atoms with E-state index in [0.29, 0.717) is 36.3 Å². The van der Waals surface area contributed by atoms with E-state index in [-0.39, 0.29) is 6.10 Å². The SMILES string of the molecule is C[C@]1(c2ccc(Cl)cc2Cl)OC[C@@H](COc2ccc(N3CCN(N(N)C(N)=O)CC3)cc2)O1. The van der Waals surface area contributed by atoms with E-state index in [2.05, 4.69) is 4.90 Å². The molecule has 2 heterocycles. The largest absolute Gasteiger partial charge is 0.491 e. The van der Waals surface area contributed by atoms with E-state index in [0.717, 1.165) is 35.2 Å². The van der Waals surface area contributed by atoms with Crippen molar-refractivity contribution in [1.29, 1.82) is 0 Å². The van der Waals surface area contributed by atoms with Gasteiger partial charge >= 0.3 is 6.03 Å². The highest BCUT2D eigenvalue weighted by Gasteiger charge is 2.40. The Morgan fingerprint density at radius 2 is 1.88 bits per heavy atom. The van der Waals surface area contributed by atoms with Gasteiger partial charge in [-0.1, -0.05) is 29.3 Å². The molecule has 4 rings (SSSR count). The maximum Gasteiger partial charge on any atom is 0.344 e. The number of halogens is 2. The zero-order valence-corrected chi connectivity index (χ0v) is 19.8. The van der Waals surface area contributed by atoms with Crippen LogP contribution in [0.5, 0.6) is 5.75 Å². The van der Waals surface area contributed by atoms with E-state index < -0.39 is 11.8 Å². The minimum absolute atomic E-state index is 0.237. The molecule has 2 aromatic rings. The first-order chi connectivity index (χ1) is 15.7. The number of hydrogen-bond acceptors (Lipinski definition) is 7. The Balaban J connectivity index is 1.28. The first-order valence-corrected chi connectivity index (χ1v) is 11.3. The topological polar surface area (TPSA) is 107 Å². The lowest BCUT2D eigenvalue weighted by Crippen LogP contribution is -2.59. The van der Waals surface area contributed by atoms with Crippen LogP contribution in [-0.2, 0) is 15.3 Å². The Morgan fingerprint density at radius 1 is 1.18 bits per heavy atom. The number of nitrogens with two attached hydrogens (primary N) is 2. The van der Waals surface area contributed by atoms with Gasteiger partial charge in [-0.2, -0.15) is 10.1 Å². The molecule has 2 fully saturated rings. The number of benzene rings is 2. The number of primary amides is 1. The summed E-state index contributed by atoms with van der Waals surface area (Å²) in [6.07, 6.45) is -0.237. The smallest absolute Gasteiger partial charge is 0.344 e. The van der Waals surface area contributed by atoms with Crippen molar-refractivity contribution in [3.63, 3.8) is 0 Å². The fourth-order valence-corrected chi connectivity index (χ4v) is 4.55. The Labute approximate surface area is 202 Å². The summed E-state index contributed by atoms with van der Waals surface area (Å²) in [6.45, 7) is 5.23. The molecule has 0 spiro atoms. The lowest BCUT2D eigenvalue weighted by atomic mass is 10.1. The summed E-state index contributed by atoms with van der Waals surface area (Å²) in [6, 6.07) is 12.4. The fourth-order valence-electron chi connectivity index (χ4n) is 3.97. The average molecular weight is 496 g/mol. The second kappa shape index (κ2) is 9.92. The molecule has 0 bridgehead atoms. The third kappa shape index (κ3) is 5.46. The van der Waals surface area contributed by atoms with Crippen molar-refractivity contribution in [1.82, 2.24) is 10.1 Å². The van der Waals surface area contributed by atoms with Crippen molar-refractivity contribution in [2.45, 2.75) is 18.8 Å². The molecule has 0 unspecified atom stereocenters. The van der Waals surface area contributed by atoms with E-state index in [1.165, 1.54) is 0 Å². The van der Waals surface area contributed by atoms with Crippen LogP contribution < -0.4 is 21.2 Å². The third-order valence-corrected chi connectivity index (χ3v) is 6.33. The van der Waals surface area contributed by atoms with Crippen LogP contribution in [0.2, 0.25) is 10.0 Å². The number of nitrogens with zero attached hydrogens (tertiary/aromatic N) is 3. The summed E-state index contributed by atoms with van der Waals surface area (Å²) in [4.78, 5) is 13.4. The van der Waals surface area contributed by atoms with Gasteiger partial charge in [0, 0.05) is 42.5 Å². The van der Waals surface area contributed by atoms with Crippen LogP contribution in [0, 0.1) is 0 Å². The molecule has 178 valence electrons. The molecule has 4 N–H and O–H groups in total. The Morgan fingerprint density at radius 3 is 2.52 bits per heavy atom. The normalized spacial score (nSPS) is 23.5. The van der Waals surface area contributed by atoms with E-state index in [4.69, 9.17) is 49.0 Å². The summed E-state index contributed by atoms with van der Waals surface area (Å²) in [5, 5.41) is 3.75. The molecule has 0 saturated carbocycles. The zero-order valence-electron chi connectivity index (χ0n) is 18.2. The number of amides is 2. The molecule has 2 amide bonds. The molecule has 0 aliphatic carbocycles. The van der Waals surface area contributed by atoms with Crippen LogP contribution in [0.1, 0.15) is 12.5 Å². The number of carbonyl (C=O) groups excluding carboxylic acids is 1. The molecule has 2 aliphatic rings. The van der Waals surface area contributed by atoms with Crippen LogP contribution in [0.3, 0.4) is 0 Å². The minimum Gasteiger partial charge on any atom is -0.491 e. The van der Waals surface area contributed by atoms with Gasteiger partial charge in [-0.3, -0.25) is 0 Å². The predicted octanol–water partition coefficient (Wildman–Crippen LogP) is 2.95. The van der Waals surface area contributed by atoms with Gasteiger partial charge in [-0.05, 0) is 43.3 Å². The first-order valence-electron chi connectivity index (χ1n) is 10.6. The predicted molar refractivity (Wildman–Crippen MR) is 126 cm³/mol. The minimum atomic E-state index is -0.949. The summed E-state index contributed by atoms with van der Waals surface area (Å²) < 4.78 is 17.9.